The van der Waals surface area contributed by atoms with Crippen LogP contribution in [0.4, 0.5) is 5.82 Å². The van der Waals surface area contributed by atoms with Crippen molar-refractivity contribution in [3.8, 4) is 0 Å². The molecule has 0 aromatic carbocycles. The Kier molecular flexibility index (Phi) is 8.65. The van der Waals surface area contributed by atoms with Gasteiger partial charge in [0.2, 0.25) is 0 Å². The Bertz CT molecular complexity index is 882. The second-order valence-electron chi connectivity index (χ2n) is 4.91. The molecule has 0 bridgehead atoms. The van der Waals surface area contributed by atoms with E-state index in [2.05, 4.69) is 18.1 Å². The van der Waals surface area contributed by atoms with E-state index in [4.69, 9.17) is 29.9 Å². The summed E-state index contributed by atoms with van der Waals surface area (Å²) in [5.41, 5.74) is 5.20. The van der Waals surface area contributed by atoms with Crippen LogP contribution in [-0.2, 0) is 43.0 Å². The van der Waals surface area contributed by atoms with Gasteiger partial charge < -0.3 is 34.8 Å². The van der Waals surface area contributed by atoms with Gasteiger partial charge >= 0.3 is 29.2 Å². The van der Waals surface area contributed by atoms with Crippen LogP contribution >= 0.6 is 23.5 Å². The first-order valence-electron chi connectivity index (χ1n) is 6.90. The highest BCUT2D eigenvalue weighted by Crippen LogP contribution is 2.66. The SMILES string of the molecule is COC(COP(=O)(O)OP(=O)(O)OP(=O)(O)O)OCn1cc(C)c(N)nc1=O. The highest BCUT2D eigenvalue weighted by Gasteiger charge is 2.41. The fourth-order valence-corrected chi connectivity index (χ4v) is 4.51. The van der Waals surface area contributed by atoms with E-state index in [0.717, 1.165) is 11.7 Å². The maximum Gasteiger partial charge on any atom is 0.490 e. The predicted molar refractivity (Wildman–Crippen MR) is 89.3 cm³/mol. The van der Waals surface area contributed by atoms with Gasteiger partial charge in [-0.1, -0.05) is 0 Å². The van der Waals surface area contributed by atoms with Gasteiger partial charge in [-0.2, -0.15) is 13.6 Å². The number of nitrogens with zero attached hydrogens (tertiary/aromatic N) is 2. The van der Waals surface area contributed by atoms with Gasteiger partial charge in [-0.15, -0.1) is 0 Å². The molecule has 0 spiro atoms. The van der Waals surface area contributed by atoms with Crippen molar-refractivity contribution in [3.63, 3.8) is 0 Å². The molecular weight excluding hydrogens is 451 g/mol. The Morgan fingerprint density at radius 3 is 2.32 bits per heavy atom. The second kappa shape index (κ2) is 9.67. The van der Waals surface area contributed by atoms with E-state index in [1.807, 2.05) is 0 Å². The molecule has 0 saturated carbocycles. The van der Waals surface area contributed by atoms with Crippen molar-refractivity contribution in [2.24, 2.45) is 0 Å². The predicted octanol–water partition coefficient (Wildman–Crippen LogP) is -0.576. The van der Waals surface area contributed by atoms with Crippen LogP contribution in [-0.4, -0.2) is 49.1 Å². The number of aryl methyl sites for hydroxylation is 1. The van der Waals surface area contributed by atoms with E-state index in [-0.39, 0.29) is 5.82 Å². The molecule has 1 aromatic heterocycles. The van der Waals surface area contributed by atoms with E-state index in [9.17, 15) is 23.4 Å². The first kappa shape index (κ1) is 25.0. The fourth-order valence-electron chi connectivity index (χ4n) is 1.51. The molecule has 3 unspecified atom stereocenters. The van der Waals surface area contributed by atoms with Crippen molar-refractivity contribution in [2.75, 3.05) is 19.5 Å². The Morgan fingerprint density at radius 2 is 1.79 bits per heavy atom. The van der Waals surface area contributed by atoms with Crippen molar-refractivity contribution in [1.29, 1.82) is 0 Å². The zero-order valence-corrected chi connectivity index (χ0v) is 17.0. The third-order valence-electron chi connectivity index (χ3n) is 2.67. The van der Waals surface area contributed by atoms with Crippen LogP contribution in [0.1, 0.15) is 5.56 Å². The molecule has 3 atom stereocenters. The normalized spacial score (nSPS) is 17.6. The van der Waals surface area contributed by atoms with Gasteiger partial charge in [0.05, 0.1) is 0 Å². The molecule has 6 N–H and O–H groups in total. The summed E-state index contributed by atoms with van der Waals surface area (Å²) in [5, 5.41) is 0. The summed E-state index contributed by atoms with van der Waals surface area (Å²) in [6.07, 6.45) is -0.0330. The number of ether oxygens (including phenoxy) is 2. The van der Waals surface area contributed by atoms with Gasteiger partial charge in [-0.05, 0) is 6.92 Å². The van der Waals surface area contributed by atoms with E-state index >= 15 is 0 Å². The number of phosphoric ester groups is 1. The molecule has 0 aliphatic rings. The standard InChI is InChI=1S/C9H18N3O13P3/c1-6-3-12(9(13)11-8(6)10)5-22-7(21-2)4-23-27(17,18)25-28(19,20)24-26(14,15)16/h3,7H,4-5H2,1-2H3,(H,17,18)(H,19,20)(H2,10,11,13)(H2,14,15,16). The molecule has 19 heteroatoms. The van der Waals surface area contributed by atoms with Crippen molar-refractivity contribution >= 4 is 29.3 Å². The number of methoxy groups -OCH3 is 1. The Balaban J connectivity index is 2.67. The largest absolute Gasteiger partial charge is 0.490 e. The highest BCUT2D eigenvalue weighted by molar-refractivity contribution is 7.66. The van der Waals surface area contributed by atoms with Gasteiger partial charge in [-0.25, -0.2) is 18.5 Å². The van der Waals surface area contributed by atoms with Crippen LogP contribution in [0.15, 0.2) is 11.0 Å². The molecule has 0 amide bonds. The van der Waals surface area contributed by atoms with Crippen molar-refractivity contribution in [3.05, 3.63) is 22.2 Å². The zero-order valence-electron chi connectivity index (χ0n) is 14.3. The Labute approximate surface area is 157 Å². The zero-order chi connectivity index (χ0) is 21.8. The van der Waals surface area contributed by atoms with Gasteiger partial charge in [0.25, 0.3) is 0 Å². The molecule has 1 rings (SSSR count). The summed E-state index contributed by atoms with van der Waals surface area (Å²) in [4.78, 5) is 50.4. The number of hydrogen-bond acceptors (Lipinski definition) is 11. The fraction of sp³-hybridized carbons (Fsp3) is 0.556. The summed E-state index contributed by atoms with van der Waals surface area (Å²) in [7, 11) is -15.3. The second-order valence-corrected chi connectivity index (χ2v) is 9.33. The molecule has 1 aromatic rings. The number of anilines is 1. The third kappa shape index (κ3) is 9.01. The third-order valence-corrected chi connectivity index (χ3v) is 6.47. The number of phosphoric acid groups is 3. The molecule has 0 fully saturated rings. The van der Waals surface area contributed by atoms with Crippen LogP contribution in [0.5, 0.6) is 0 Å². The molecule has 0 aliphatic carbocycles. The molecule has 1 heterocycles. The summed E-state index contributed by atoms with van der Waals surface area (Å²) < 4.78 is 55.7. The number of nitrogen functional groups attached to an aromatic ring is 1. The van der Waals surface area contributed by atoms with Crippen LogP contribution < -0.4 is 11.4 Å². The lowest BCUT2D eigenvalue weighted by Crippen LogP contribution is -2.29. The van der Waals surface area contributed by atoms with Gasteiger partial charge in [0, 0.05) is 18.9 Å². The lowest BCUT2D eigenvalue weighted by molar-refractivity contribution is -0.164. The first-order valence-corrected chi connectivity index (χ1v) is 11.4. The maximum absolute atomic E-state index is 11.7. The molecule has 28 heavy (non-hydrogen) atoms. The van der Waals surface area contributed by atoms with Crippen LogP contribution in [0.3, 0.4) is 0 Å². The summed E-state index contributed by atoms with van der Waals surface area (Å²) in [6, 6.07) is 0. The average Bonchev–Trinajstić information content (AvgIpc) is 2.48. The highest BCUT2D eigenvalue weighted by atomic mass is 31.3. The Hall–Kier alpha value is -0.990. The lowest BCUT2D eigenvalue weighted by Gasteiger charge is -2.20. The number of aromatic nitrogens is 2. The molecule has 0 saturated heterocycles. The topological polar surface area (TPSA) is 239 Å². The maximum atomic E-state index is 11.7. The first-order chi connectivity index (χ1) is 12.6. The van der Waals surface area contributed by atoms with Crippen molar-refractivity contribution in [1.82, 2.24) is 9.55 Å². The monoisotopic (exact) mass is 469 g/mol. The minimum Gasteiger partial charge on any atom is -0.383 e. The van der Waals surface area contributed by atoms with E-state index in [1.165, 1.54) is 6.20 Å². The smallest absolute Gasteiger partial charge is 0.383 e. The van der Waals surface area contributed by atoms with Gasteiger partial charge in [0.1, 0.15) is 19.2 Å². The molecular formula is C9H18N3O13P3. The number of nitrogens with two attached hydrogens (primary N) is 1. The summed E-state index contributed by atoms with van der Waals surface area (Å²) in [6.45, 7) is 0.309. The van der Waals surface area contributed by atoms with Crippen molar-refractivity contribution in [2.45, 2.75) is 19.9 Å². The molecule has 0 radical (unpaired) electrons. The van der Waals surface area contributed by atoms with E-state index in [0.29, 0.717) is 5.56 Å². The van der Waals surface area contributed by atoms with E-state index < -0.39 is 48.8 Å². The van der Waals surface area contributed by atoms with E-state index in [1.54, 1.807) is 6.92 Å². The average molecular weight is 469 g/mol. The van der Waals surface area contributed by atoms with Crippen molar-refractivity contribution < 1.29 is 55.9 Å². The van der Waals surface area contributed by atoms with Crippen LogP contribution in [0, 0.1) is 6.92 Å². The minimum atomic E-state index is -5.63. The van der Waals surface area contributed by atoms with Crippen LogP contribution in [0.2, 0.25) is 0 Å². The minimum absolute atomic E-state index is 0.0252. The molecule has 0 aliphatic heterocycles. The molecule has 16 nitrogen and oxygen atoms in total. The summed E-state index contributed by atoms with van der Waals surface area (Å²) in [5.74, 6) is 0.0252. The number of rotatable bonds is 11. The molecule has 162 valence electrons. The Morgan fingerprint density at radius 1 is 1.18 bits per heavy atom. The van der Waals surface area contributed by atoms with Gasteiger partial charge in [-0.3, -0.25) is 9.09 Å². The lowest BCUT2D eigenvalue weighted by atomic mass is 10.3. The quantitative estimate of drug-likeness (QED) is 0.201. The van der Waals surface area contributed by atoms with Gasteiger partial charge in [0.15, 0.2) is 6.29 Å². The van der Waals surface area contributed by atoms with Crippen LogP contribution in [0.25, 0.3) is 0 Å². The number of hydrogen-bond donors (Lipinski definition) is 5. The summed E-state index contributed by atoms with van der Waals surface area (Å²) >= 11 is 0.